The van der Waals surface area contributed by atoms with Crippen LogP contribution in [0.1, 0.15) is 64.1 Å². The molecule has 1 aromatic rings. The van der Waals surface area contributed by atoms with Crippen LogP contribution in [0.3, 0.4) is 0 Å². The SMILES string of the molecule is CC[C@@H](C)NC(=O)CSc1nnc(C2CCCCC2)n1N. The van der Waals surface area contributed by atoms with Gasteiger partial charge in [0.05, 0.1) is 5.75 Å². The maximum Gasteiger partial charge on any atom is 0.230 e. The number of nitrogens with two attached hydrogens (primary N) is 1. The molecular formula is C14H25N5OS. The molecule has 1 aromatic heterocycles. The molecule has 0 radical (unpaired) electrons. The minimum Gasteiger partial charge on any atom is -0.353 e. The molecule has 0 unspecified atom stereocenters. The normalized spacial score (nSPS) is 17.6. The Morgan fingerprint density at radius 2 is 2.14 bits per heavy atom. The van der Waals surface area contributed by atoms with Gasteiger partial charge in [-0.15, -0.1) is 10.2 Å². The molecule has 1 atom stereocenters. The third-order valence-corrected chi connectivity index (χ3v) is 4.96. The first-order valence-corrected chi connectivity index (χ1v) is 8.73. The highest BCUT2D eigenvalue weighted by Gasteiger charge is 2.22. The molecule has 1 amide bonds. The van der Waals surface area contributed by atoms with E-state index in [1.807, 2.05) is 13.8 Å². The van der Waals surface area contributed by atoms with Crippen molar-refractivity contribution in [2.75, 3.05) is 11.6 Å². The summed E-state index contributed by atoms with van der Waals surface area (Å²) in [6, 6.07) is 0.201. The molecule has 21 heavy (non-hydrogen) atoms. The highest BCUT2D eigenvalue weighted by atomic mass is 32.2. The summed E-state index contributed by atoms with van der Waals surface area (Å²) in [6.45, 7) is 4.04. The summed E-state index contributed by atoms with van der Waals surface area (Å²) in [6.07, 6.45) is 6.96. The van der Waals surface area contributed by atoms with E-state index >= 15 is 0 Å². The monoisotopic (exact) mass is 311 g/mol. The van der Waals surface area contributed by atoms with Gasteiger partial charge in [-0.2, -0.15) is 0 Å². The maximum absolute atomic E-state index is 11.8. The van der Waals surface area contributed by atoms with Gasteiger partial charge in [0.25, 0.3) is 0 Å². The predicted octanol–water partition coefficient (Wildman–Crippen LogP) is 2.05. The van der Waals surface area contributed by atoms with E-state index in [1.165, 1.54) is 31.0 Å². The van der Waals surface area contributed by atoms with E-state index in [0.717, 1.165) is 25.1 Å². The number of nitrogens with zero attached hydrogens (tertiary/aromatic N) is 3. The van der Waals surface area contributed by atoms with E-state index in [0.29, 0.717) is 16.8 Å². The minimum atomic E-state index is 0.0107. The zero-order valence-electron chi connectivity index (χ0n) is 12.8. The zero-order valence-corrected chi connectivity index (χ0v) is 13.7. The second kappa shape index (κ2) is 7.68. The van der Waals surface area contributed by atoms with Gasteiger partial charge in [0.15, 0.2) is 5.82 Å². The number of amides is 1. The smallest absolute Gasteiger partial charge is 0.230 e. The fraction of sp³-hybridized carbons (Fsp3) is 0.786. The van der Waals surface area contributed by atoms with E-state index in [4.69, 9.17) is 5.84 Å². The molecule has 7 heteroatoms. The van der Waals surface area contributed by atoms with Crippen molar-refractivity contribution < 1.29 is 4.79 Å². The first kappa shape index (κ1) is 16.1. The number of carbonyl (C=O) groups excluding carboxylic acids is 1. The molecule has 6 nitrogen and oxygen atoms in total. The molecule has 2 rings (SSSR count). The summed E-state index contributed by atoms with van der Waals surface area (Å²) in [5.74, 6) is 7.70. The van der Waals surface area contributed by atoms with Gasteiger partial charge < -0.3 is 11.2 Å². The fourth-order valence-corrected chi connectivity index (χ4v) is 3.25. The van der Waals surface area contributed by atoms with Crippen molar-refractivity contribution in [2.24, 2.45) is 0 Å². The van der Waals surface area contributed by atoms with Gasteiger partial charge >= 0.3 is 0 Å². The lowest BCUT2D eigenvalue weighted by Crippen LogP contribution is -2.33. The van der Waals surface area contributed by atoms with E-state index in [9.17, 15) is 4.79 Å². The topological polar surface area (TPSA) is 85.8 Å². The number of rotatable bonds is 6. The number of nitrogen functional groups attached to an aromatic ring is 1. The Balaban J connectivity index is 1.89. The first-order chi connectivity index (χ1) is 10.1. The Morgan fingerprint density at radius 3 is 2.81 bits per heavy atom. The Morgan fingerprint density at radius 1 is 1.43 bits per heavy atom. The number of hydrogen-bond donors (Lipinski definition) is 2. The molecule has 0 saturated heterocycles. The summed E-state index contributed by atoms with van der Waals surface area (Å²) < 4.78 is 1.57. The Hall–Kier alpha value is -1.24. The molecule has 1 saturated carbocycles. The van der Waals surface area contributed by atoms with Crippen LogP contribution >= 0.6 is 11.8 Å². The van der Waals surface area contributed by atoms with E-state index in [2.05, 4.69) is 15.5 Å². The summed E-state index contributed by atoms with van der Waals surface area (Å²) in [4.78, 5) is 11.8. The average molecular weight is 311 g/mol. The van der Waals surface area contributed by atoms with Crippen molar-refractivity contribution in [3.8, 4) is 0 Å². The lowest BCUT2D eigenvalue weighted by Gasteiger charge is -2.20. The summed E-state index contributed by atoms with van der Waals surface area (Å²) in [7, 11) is 0. The lowest BCUT2D eigenvalue weighted by atomic mass is 9.89. The van der Waals surface area contributed by atoms with Crippen molar-refractivity contribution >= 4 is 17.7 Å². The second-order valence-corrected chi connectivity index (χ2v) is 6.65. The van der Waals surface area contributed by atoms with Gasteiger partial charge in [-0.25, -0.2) is 4.68 Å². The maximum atomic E-state index is 11.8. The average Bonchev–Trinajstić information content (AvgIpc) is 2.87. The predicted molar refractivity (Wildman–Crippen MR) is 84.6 cm³/mol. The number of nitrogens with one attached hydrogen (secondary N) is 1. The molecule has 1 heterocycles. The first-order valence-electron chi connectivity index (χ1n) is 7.74. The van der Waals surface area contributed by atoms with Crippen LogP contribution in [-0.4, -0.2) is 32.6 Å². The number of carbonyl (C=O) groups is 1. The largest absolute Gasteiger partial charge is 0.353 e. The summed E-state index contributed by atoms with van der Waals surface area (Å²) >= 11 is 1.34. The quantitative estimate of drug-likeness (QED) is 0.620. The highest BCUT2D eigenvalue weighted by molar-refractivity contribution is 7.99. The molecule has 3 N–H and O–H groups in total. The van der Waals surface area contributed by atoms with Crippen LogP contribution in [0.2, 0.25) is 0 Å². The van der Waals surface area contributed by atoms with Crippen molar-refractivity contribution in [3.63, 3.8) is 0 Å². The lowest BCUT2D eigenvalue weighted by molar-refractivity contribution is -0.119. The molecule has 0 spiro atoms. The fourth-order valence-electron chi connectivity index (χ4n) is 2.57. The number of hydrogen-bond acceptors (Lipinski definition) is 5. The molecule has 0 bridgehead atoms. The van der Waals surface area contributed by atoms with Gasteiger partial charge in [0, 0.05) is 12.0 Å². The van der Waals surface area contributed by atoms with Gasteiger partial charge in [-0.05, 0) is 26.2 Å². The third kappa shape index (κ3) is 4.36. The van der Waals surface area contributed by atoms with Crippen LogP contribution < -0.4 is 11.2 Å². The minimum absolute atomic E-state index is 0.0107. The molecule has 1 fully saturated rings. The Kier molecular flexibility index (Phi) is 5.90. The van der Waals surface area contributed by atoms with Crippen molar-refractivity contribution in [1.29, 1.82) is 0 Å². The van der Waals surface area contributed by atoms with Crippen LogP contribution in [0.5, 0.6) is 0 Å². The van der Waals surface area contributed by atoms with Gasteiger partial charge in [0.2, 0.25) is 11.1 Å². The molecule has 118 valence electrons. The summed E-state index contributed by atoms with van der Waals surface area (Å²) in [5.41, 5.74) is 0. The third-order valence-electron chi connectivity index (χ3n) is 4.01. The van der Waals surface area contributed by atoms with Crippen molar-refractivity contribution in [2.45, 2.75) is 69.5 Å². The molecule has 0 aromatic carbocycles. The molecule has 0 aliphatic heterocycles. The van der Waals surface area contributed by atoms with Crippen LogP contribution in [0.25, 0.3) is 0 Å². The molecule has 1 aliphatic carbocycles. The van der Waals surface area contributed by atoms with Gasteiger partial charge in [0.1, 0.15) is 0 Å². The van der Waals surface area contributed by atoms with Crippen LogP contribution in [0.4, 0.5) is 0 Å². The number of aromatic nitrogens is 3. The van der Waals surface area contributed by atoms with E-state index in [1.54, 1.807) is 4.68 Å². The molecule has 1 aliphatic rings. The van der Waals surface area contributed by atoms with Crippen LogP contribution in [0.15, 0.2) is 5.16 Å². The standard InChI is InChI=1S/C14H25N5OS/c1-3-10(2)16-12(20)9-21-14-18-17-13(19(14)15)11-7-5-4-6-8-11/h10-11H,3-9,15H2,1-2H3,(H,16,20)/t10-/m1/s1. The van der Waals surface area contributed by atoms with Gasteiger partial charge in [-0.1, -0.05) is 37.9 Å². The van der Waals surface area contributed by atoms with E-state index < -0.39 is 0 Å². The summed E-state index contributed by atoms with van der Waals surface area (Å²) in [5, 5.41) is 11.9. The number of thioether (sulfide) groups is 1. The second-order valence-electron chi connectivity index (χ2n) is 5.71. The Labute approximate surface area is 130 Å². The molecular weight excluding hydrogens is 286 g/mol. The van der Waals surface area contributed by atoms with Crippen LogP contribution in [0, 0.1) is 0 Å². The van der Waals surface area contributed by atoms with Gasteiger partial charge in [-0.3, -0.25) is 4.79 Å². The highest BCUT2D eigenvalue weighted by Crippen LogP contribution is 2.32. The van der Waals surface area contributed by atoms with E-state index in [-0.39, 0.29) is 11.9 Å². The van der Waals surface area contributed by atoms with Crippen LogP contribution in [-0.2, 0) is 4.79 Å². The zero-order chi connectivity index (χ0) is 15.2. The van der Waals surface area contributed by atoms with Crippen molar-refractivity contribution in [1.82, 2.24) is 20.2 Å². The Bertz CT molecular complexity index is 470. The van der Waals surface area contributed by atoms with Crippen molar-refractivity contribution in [3.05, 3.63) is 5.82 Å².